The van der Waals surface area contributed by atoms with Crippen molar-refractivity contribution in [3.05, 3.63) is 47.3 Å². The molecule has 0 fully saturated rings. The van der Waals surface area contributed by atoms with E-state index in [1.165, 1.54) is 11.8 Å². The summed E-state index contributed by atoms with van der Waals surface area (Å²) in [4.78, 5) is 11.9. The van der Waals surface area contributed by atoms with Crippen molar-refractivity contribution in [3.8, 4) is 0 Å². The summed E-state index contributed by atoms with van der Waals surface area (Å²) in [5.74, 6) is 0.000991. The highest BCUT2D eigenvalue weighted by Gasteiger charge is 2.25. The number of rotatable bonds is 2. The van der Waals surface area contributed by atoms with Gasteiger partial charge in [0.05, 0.1) is 12.2 Å². The highest BCUT2D eigenvalue weighted by molar-refractivity contribution is 5.91. The van der Waals surface area contributed by atoms with E-state index in [9.17, 15) is 4.79 Å². The van der Waals surface area contributed by atoms with Gasteiger partial charge in [-0.2, -0.15) is 0 Å². The van der Waals surface area contributed by atoms with Crippen LogP contribution in [0.25, 0.3) is 0 Å². The van der Waals surface area contributed by atoms with Gasteiger partial charge in [0, 0.05) is 11.8 Å². The molecule has 0 spiro atoms. The Labute approximate surface area is 104 Å². The minimum Gasteiger partial charge on any atom is -0.399 e. The van der Waals surface area contributed by atoms with Gasteiger partial charge < -0.3 is 15.6 Å². The second-order valence-corrected chi connectivity index (χ2v) is 4.40. The van der Waals surface area contributed by atoms with Gasteiger partial charge in [0.2, 0.25) is 5.76 Å². The number of hydrogen-bond donors (Lipinski definition) is 2. The Morgan fingerprint density at radius 1 is 1.44 bits per heavy atom. The van der Waals surface area contributed by atoms with E-state index in [1.54, 1.807) is 6.07 Å². The summed E-state index contributed by atoms with van der Waals surface area (Å²) in [6.07, 6.45) is 3.28. The van der Waals surface area contributed by atoms with Gasteiger partial charge in [0.1, 0.15) is 0 Å². The zero-order valence-electron chi connectivity index (χ0n) is 9.72. The van der Waals surface area contributed by atoms with Crippen molar-refractivity contribution in [2.45, 2.75) is 18.9 Å². The summed E-state index contributed by atoms with van der Waals surface area (Å²) < 4.78 is 4.83. The number of anilines is 1. The van der Waals surface area contributed by atoms with Crippen molar-refractivity contribution in [2.75, 3.05) is 5.73 Å². The van der Waals surface area contributed by atoms with Crippen LogP contribution in [-0.2, 0) is 6.42 Å². The van der Waals surface area contributed by atoms with Crippen LogP contribution in [0.4, 0.5) is 5.69 Å². The molecule has 18 heavy (non-hydrogen) atoms. The second-order valence-electron chi connectivity index (χ2n) is 4.40. The number of amides is 1. The molecule has 1 aliphatic carbocycles. The average molecular weight is 243 g/mol. The van der Waals surface area contributed by atoms with Gasteiger partial charge >= 0.3 is 0 Å². The molecule has 0 aliphatic heterocycles. The summed E-state index contributed by atoms with van der Waals surface area (Å²) in [6, 6.07) is 7.38. The van der Waals surface area contributed by atoms with E-state index in [0.717, 1.165) is 24.1 Å². The molecule has 0 radical (unpaired) electrons. The largest absolute Gasteiger partial charge is 0.399 e. The van der Waals surface area contributed by atoms with E-state index in [2.05, 4.69) is 10.5 Å². The van der Waals surface area contributed by atoms with Crippen molar-refractivity contribution in [1.29, 1.82) is 0 Å². The van der Waals surface area contributed by atoms with Crippen LogP contribution >= 0.6 is 0 Å². The van der Waals surface area contributed by atoms with Crippen LogP contribution in [0.5, 0.6) is 0 Å². The molecule has 1 aromatic carbocycles. The number of nitrogens with two attached hydrogens (primary N) is 1. The predicted molar refractivity (Wildman–Crippen MR) is 65.9 cm³/mol. The number of nitrogen functional groups attached to an aromatic ring is 1. The topological polar surface area (TPSA) is 81.1 Å². The summed E-state index contributed by atoms with van der Waals surface area (Å²) in [7, 11) is 0. The molecule has 0 bridgehead atoms. The first kappa shape index (κ1) is 10.8. The predicted octanol–water partition coefficient (Wildman–Crippen LogP) is 1.67. The minimum atomic E-state index is -0.234. The van der Waals surface area contributed by atoms with Crippen LogP contribution in [0.3, 0.4) is 0 Å². The van der Waals surface area contributed by atoms with Gasteiger partial charge in [-0.25, -0.2) is 0 Å². The molecule has 92 valence electrons. The number of benzene rings is 1. The molecule has 1 atom stereocenters. The van der Waals surface area contributed by atoms with Crippen LogP contribution in [-0.4, -0.2) is 11.1 Å². The lowest BCUT2D eigenvalue weighted by atomic mass is 10.1. The molecule has 1 amide bonds. The lowest BCUT2D eigenvalue weighted by Gasteiger charge is -2.12. The Morgan fingerprint density at radius 2 is 2.33 bits per heavy atom. The summed E-state index contributed by atoms with van der Waals surface area (Å²) in [5.41, 5.74) is 8.85. The van der Waals surface area contributed by atoms with E-state index in [-0.39, 0.29) is 17.7 Å². The summed E-state index contributed by atoms with van der Waals surface area (Å²) in [6.45, 7) is 0. The van der Waals surface area contributed by atoms with E-state index in [1.807, 2.05) is 18.2 Å². The Hall–Kier alpha value is -2.30. The molecule has 0 saturated carbocycles. The number of fused-ring (bicyclic) bond motifs is 1. The lowest BCUT2D eigenvalue weighted by Crippen LogP contribution is -2.26. The fraction of sp³-hybridized carbons (Fsp3) is 0.231. The molecular weight excluding hydrogens is 230 g/mol. The van der Waals surface area contributed by atoms with Crippen LogP contribution in [0.2, 0.25) is 0 Å². The van der Waals surface area contributed by atoms with Crippen molar-refractivity contribution in [1.82, 2.24) is 10.5 Å². The Bertz CT molecular complexity index is 578. The third kappa shape index (κ3) is 1.84. The molecule has 1 aromatic heterocycles. The number of nitrogens with one attached hydrogen (secondary N) is 1. The maximum absolute atomic E-state index is 11.9. The number of carbonyl (C=O) groups excluding carboxylic acids is 1. The van der Waals surface area contributed by atoms with Crippen molar-refractivity contribution < 1.29 is 9.32 Å². The molecule has 1 heterocycles. The second kappa shape index (κ2) is 4.18. The Balaban J connectivity index is 1.79. The molecule has 2 aromatic rings. The number of carbonyl (C=O) groups is 1. The van der Waals surface area contributed by atoms with Crippen LogP contribution < -0.4 is 11.1 Å². The van der Waals surface area contributed by atoms with Gasteiger partial charge in [0.15, 0.2) is 0 Å². The third-order valence-corrected chi connectivity index (χ3v) is 3.21. The fourth-order valence-corrected chi connectivity index (χ4v) is 2.35. The zero-order valence-corrected chi connectivity index (χ0v) is 9.72. The SMILES string of the molecule is Nc1ccc2c(c1)CCC2NC(=O)c1ccno1. The number of aromatic nitrogens is 1. The van der Waals surface area contributed by atoms with E-state index in [4.69, 9.17) is 10.3 Å². The lowest BCUT2D eigenvalue weighted by molar-refractivity contribution is 0.0899. The quantitative estimate of drug-likeness (QED) is 0.786. The highest BCUT2D eigenvalue weighted by atomic mass is 16.5. The summed E-state index contributed by atoms with van der Waals surface area (Å²) >= 11 is 0. The first-order chi connectivity index (χ1) is 8.74. The molecular formula is C13H13N3O2. The first-order valence-corrected chi connectivity index (χ1v) is 5.84. The van der Waals surface area contributed by atoms with E-state index in [0.29, 0.717) is 0 Å². The Morgan fingerprint density at radius 3 is 3.11 bits per heavy atom. The average Bonchev–Trinajstić information content (AvgIpc) is 2.98. The molecule has 0 saturated heterocycles. The monoisotopic (exact) mass is 243 g/mol. The molecule has 5 heteroatoms. The van der Waals surface area contributed by atoms with Crippen molar-refractivity contribution in [2.24, 2.45) is 0 Å². The van der Waals surface area contributed by atoms with E-state index < -0.39 is 0 Å². The molecule has 1 unspecified atom stereocenters. The van der Waals surface area contributed by atoms with Crippen LogP contribution in [0, 0.1) is 0 Å². The molecule has 3 N–H and O–H groups in total. The maximum atomic E-state index is 11.9. The fourth-order valence-electron chi connectivity index (χ4n) is 2.35. The molecule has 1 aliphatic rings. The number of aryl methyl sites for hydroxylation is 1. The van der Waals surface area contributed by atoms with Gasteiger partial charge in [-0.15, -0.1) is 0 Å². The normalized spacial score (nSPS) is 17.4. The van der Waals surface area contributed by atoms with Crippen LogP contribution in [0.15, 0.2) is 35.0 Å². The van der Waals surface area contributed by atoms with Crippen molar-refractivity contribution in [3.63, 3.8) is 0 Å². The maximum Gasteiger partial charge on any atom is 0.290 e. The highest BCUT2D eigenvalue weighted by Crippen LogP contribution is 2.32. The summed E-state index contributed by atoms with van der Waals surface area (Å²) in [5, 5.41) is 6.46. The molecule has 3 rings (SSSR count). The van der Waals surface area contributed by atoms with Crippen LogP contribution in [0.1, 0.15) is 34.1 Å². The number of nitrogens with zero attached hydrogens (tertiary/aromatic N) is 1. The van der Waals surface area contributed by atoms with Gasteiger partial charge in [-0.1, -0.05) is 11.2 Å². The minimum absolute atomic E-state index is 0.0261. The smallest absolute Gasteiger partial charge is 0.290 e. The third-order valence-electron chi connectivity index (χ3n) is 3.21. The van der Waals surface area contributed by atoms with Gasteiger partial charge in [-0.05, 0) is 36.1 Å². The van der Waals surface area contributed by atoms with Gasteiger partial charge in [-0.3, -0.25) is 4.79 Å². The van der Waals surface area contributed by atoms with E-state index >= 15 is 0 Å². The zero-order chi connectivity index (χ0) is 12.5. The Kier molecular flexibility index (Phi) is 2.51. The van der Waals surface area contributed by atoms with Crippen molar-refractivity contribution >= 4 is 11.6 Å². The van der Waals surface area contributed by atoms with Gasteiger partial charge in [0.25, 0.3) is 5.91 Å². The number of hydrogen-bond acceptors (Lipinski definition) is 4. The first-order valence-electron chi connectivity index (χ1n) is 5.84. The molecule has 5 nitrogen and oxygen atoms in total. The standard InChI is InChI=1S/C13H13N3O2/c14-9-2-3-10-8(7-9)1-4-11(10)16-13(17)12-5-6-15-18-12/h2-3,5-7,11H,1,4,14H2,(H,16,17).